The number of nitrogens with zero attached hydrogens (tertiary/aromatic N) is 1. The van der Waals surface area contributed by atoms with Crippen molar-refractivity contribution in [3.63, 3.8) is 0 Å². The number of rotatable bonds is 8. The Hall–Kier alpha value is -4.07. The third-order valence-corrected chi connectivity index (χ3v) is 5.68. The van der Waals surface area contributed by atoms with Gasteiger partial charge in [-0.2, -0.15) is 0 Å². The molecule has 3 rings (SSSR count). The Balaban J connectivity index is 1.91. The van der Waals surface area contributed by atoms with Gasteiger partial charge in [-0.25, -0.2) is 4.79 Å². The van der Waals surface area contributed by atoms with E-state index in [9.17, 15) is 19.5 Å². The Bertz CT molecular complexity index is 1280. The molecular weight excluding hydrogens is 470 g/mol. The third kappa shape index (κ3) is 7.46. The van der Waals surface area contributed by atoms with Crippen molar-refractivity contribution in [2.24, 2.45) is 0 Å². The first-order valence-electron chi connectivity index (χ1n) is 12.3. The number of carbonyl (C=O) groups is 3. The normalized spacial score (nSPS) is 12.0. The van der Waals surface area contributed by atoms with Crippen molar-refractivity contribution in [2.75, 3.05) is 18.4 Å². The zero-order chi connectivity index (χ0) is 27.2. The Labute approximate surface area is 217 Å². The first kappa shape index (κ1) is 27.5. The number of fused-ring (bicyclic) bond motifs is 1. The lowest BCUT2D eigenvalue weighted by molar-refractivity contribution is -0.138. The molecule has 8 heteroatoms. The molecule has 1 unspecified atom stereocenters. The highest BCUT2D eigenvalue weighted by Gasteiger charge is 2.32. The number of nitrogens with one attached hydrogen (secondary N) is 2. The van der Waals surface area contributed by atoms with E-state index in [0.717, 1.165) is 10.8 Å². The van der Waals surface area contributed by atoms with Gasteiger partial charge >= 0.3 is 6.09 Å². The summed E-state index contributed by atoms with van der Waals surface area (Å²) < 4.78 is 5.24. The van der Waals surface area contributed by atoms with Gasteiger partial charge in [0, 0.05) is 12.2 Å². The van der Waals surface area contributed by atoms with Crippen LogP contribution in [0.2, 0.25) is 0 Å². The van der Waals surface area contributed by atoms with Crippen LogP contribution in [0.3, 0.4) is 0 Å². The van der Waals surface area contributed by atoms with Gasteiger partial charge in [-0.3, -0.25) is 9.59 Å². The number of carbonyl (C=O) groups excluding carboxylic acids is 3. The molecule has 3 aromatic rings. The zero-order valence-electron chi connectivity index (χ0n) is 22.0. The maximum absolute atomic E-state index is 13.7. The molecule has 0 fully saturated rings. The second kappa shape index (κ2) is 11.8. The number of amides is 3. The molecule has 3 N–H and O–H groups in total. The molecule has 0 heterocycles. The number of hydrogen-bond acceptors (Lipinski definition) is 5. The molecule has 0 saturated carbocycles. The van der Waals surface area contributed by atoms with Crippen LogP contribution in [-0.2, 0) is 14.3 Å². The molecule has 3 amide bonds. The fourth-order valence-electron chi connectivity index (χ4n) is 4.00. The summed E-state index contributed by atoms with van der Waals surface area (Å²) >= 11 is 0. The van der Waals surface area contributed by atoms with Crippen LogP contribution >= 0.6 is 0 Å². The van der Waals surface area contributed by atoms with Gasteiger partial charge in [-0.15, -0.1) is 0 Å². The van der Waals surface area contributed by atoms with Gasteiger partial charge in [0.25, 0.3) is 5.91 Å². The van der Waals surface area contributed by atoms with E-state index in [-0.39, 0.29) is 18.8 Å². The number of ether oxygens (including phenoxy) is 1. The van der Waals surface area contributed by atoms with Crippen LogP contribution in [0, 0.1) is 6.92 Å². The minimum Gasteiger partial charge on any atom is -0.508 e. The van der Waals surface area contributed by atoms with Gasteiger partial charge in [0.05, 0.1) is 0 Å². The maximum Gasteiger partial charge on any atom is 0.408 e. The van der Waals surface area contributed by atoms with Crippen molar-refractivity contribution in [2.45, 2.75) is 52.7 Å². The number of phenolic OH excluding ortho intramolecular Hbond substituents is 1. The second-order valence-electron chi connectivity index (χ2n) is 9.94. The van der Waals surface area contributed by atoms with Crippen LogP contribution < -0.4 is 10.6 Å². The van der Waals surface area contributed by atoms with E-state index in [1.165, 1.54) is 11.0 Å². The lowest BCUT2D eigenvalue weighted by Crippen LogP contribution is -2.46. The fraction of sp³-hybridized carbons (Fsp3) is 0.345. The van der Waals surface area contributed by atoms with Crippen molar-refractivity contribution < 1.29 is 24.2 Å². The number of phenols is 1. The number of benzene rings is 3. The summed E-state index contributed by atoms with van der Waals surface area (Å²) in [5, 5.41) is 17.5. The molecule has 3 aromatic carbocycles. The van der Waals surface area contributed by atoms with Crippen LogP contribution in [-0.4, -0.2) is 46.6 Å². The van der Waals surface area contributed by atoms with E-state index >= 15 is 0 Å². The van der Waals surface area contributed by atoms with Crippen molar-refractivity contribution in [3.05, 3.63) is 71.8 Å². The summed E-state index contributed by atoms with van der Waals surface area (Å²) in [5.74, 6) is -0.742. The summed E-state index contributed by atoms with van der Waals surface area (Å²) in [6, 6.07) is 17.3. The van der Waals surface area contributed by atoms with Crippen molar-refractivity contribution in [3.8, 4) is 5.75 Å². The Morgan fingerprint density at radius 1 is 1.00 bits per heavy atom. The van der Waals surface area contributed by atoms with Gasteiger partial charge in [0.1, 0.15) is 23.9 Å². The number of aryl methyl sites for hydroxylation is 1. The molecule has 0 aliphatic rings. The molecule has 0 bridgehead atoms. The average molecular weight is 506 g/mol. The smallest absolute Gasteiger partial charge is 0.408 e. The predicted octanol–water partition coefficient (Wildman–Crippen LogP) is 5.30. The molecule has 0 radical (unpaired) electrons. The van der Waals surface area contributed by atoms with Gasteiger partial charge in [0.2, 0.25) is 5.91 Å². The average Bonchev–Trinajstić information content (AvgIpc) is 2.83. The van der Waals surface area contributed by atoms with E-state index in [1.54, 1.807) is 39.8 Å². The molecule has 0 aliphatic heterocycles. The Kier molecular flexibility index (Phi) is 8.76. The van der Waals surface area contributed by atoms with Crippen molar-refractivity contribution in [1.29, 1.82) is 0 Å². The SMILES string of the molecule is CCCN(C(=O)CNC(=O)OC(C)(C)C)C(C(=O)Nc1ccc2ccccc2c1)c1ccc(O)c(C)c1. The molecule has 0 aliphatic carbocycles. The first-order valence-corrected chi connectivity index (χ1v) is 12.3. The lowest BCUT2D eigenvalue weighted by Gasteiger charge is -2.31. The summed E-state index contributed by atoms with van der Waals surface area (Å²) in [4.78, 5) is 40.6. The highest BCUT2D eigenvalue weighted by molar-refractivity contribution is 6.00. The van der Waals surface area contributed by atoms with Crippen molar-refractivity contribution in [1.82, 2.24) is 10.2 Å². The highest BCUT2D eigenvalue weighted by atomic mass is 16.6. The van der Waals surface area contributed by atoms with Gasteiger partial charge in [0.15, 0.2) is 0 Å². The largest absolute Gasteiger partial charge is 0.508 e. The standard InChI is InChI=1S/C29H35N3O5/c1-6-15-32(25(34)18-30-28(36)37-29(3,4)5)26(22-12-14-24(33)19(2)16-22)27(35)31-23-13-11-20-9-7-8-10-21(20)17-23/h7-14,16-17,26,33H,6,15,18H2,1-5H3,(H,30,36)(H,31,35). The summed E-state index contributed by atoms with van der Waals surface area (Å²) in [5.41, 5.74) is 1.02. The summed E-state index contributed by atoms with van der Waals surface area (Å²) in [7, 11) is 0. The Morgan fingerprint density at radius 3 is 2.35 bits per heavy atom. The van der Waals surface area contributed by atoms with Crippen LogP contribution in [0.1, 0.15) is 51.3 Å². The predicted molar refractivity (Wildman–Crippen MR) is 144 cm³/mol. The van der Waals surface area contributed by atoms with E-state index in [1.807, 2.05) is 49.4 Å². The Morgan fingerprint density at radius 2 is 1.70 bits per heavy atom. The maximum atomic E-state index is 13.7. The molecule has 0 spiro atoms. The first-order chi connectivity index (χ1) is 17.5. The van der Waals surface area contributed by atoms with Gasteiger partial charge in [-0.1, -0.05) is 43.3 Å². The minimum absolute atomic E-state index is 0.0948. The van der Waals surface area contributed by atoms with Crippen LogP contribution in [0.15, 0.2) is 60.7 Å². The van der Waals surface area contributed by atoms with Crippen molar-refractivity contribution >= 4 is 34.4 Å². The zero-order valence-corrected chi connectivity index (χ0v) is 22.0. The highest BCUT2D eigenvalue weighted by Crippen LogP contribution is 2.28. The molecule has 37 heavy (non-hydrogen) atoms. The molecular formula is C29H35N3O5. The lowest BCUT2D eigenvalue weighted by atomic mass is 10.0. The van der Waals surface area contributed by atoms with Crippen LogP contribution in [0.4, 0.5) is 10.5 Å². The van der Waals surface area contributed by atoms with Crippen LogP contribution in [0.5, 0.6) is 5.75 Å². The van der Waals surface area contributed by atoms with E-state index in [4.69, 9.17) is 4.74 Å². The topological polar surface area (TPSA) is 108 Å². The molecule has 0 saturated heterocycles. The number of anilines is 1. The van der Waals surface area contributed by atoms with E-state index < -0.39 is 29.6 Å². The monoisotopic (exact) mass is 505 g/mol. The van der Waals surface area contributed by atoms with Crippen LogP contribution in [0.25, 0.3) is 10.8 Å². The van der Waals surface area contributed by atoms with E-state index in [0.29, 0.717) is 23.2 Å². The second-order valence-corrected chi connectivity index (χ2v) is 9.94. The molecule has 196 valence electrons. The summed E-state index contributed by atoms with van der Waals surface area (Å²) in [6.45, 7) is 8.79. The van der Waals surface area contributed by atoms with Gasteiger partial charge in [-0.05, 0) is 80.3 Å². The molecule has 8 nitrogen and oxygen atoms in total. The summed E-state index contributed by atoms with van der Waals surface area (Å²) in [6.07, 6.45) is -0.121. The molecule has 1 atom stereocenters. The number of aromatic hydroxyl groups is 1. The number of hydrogen-bond donors (Lipinski definition) is 3. The fourth-order valence-corrected chi connectivity index (χ4v) is 4.00. The number of alkyl carbamates (subject to hydrolysis) is 1. The molecule has 0 aromatic heterocycles. The van der Waals surface area contributed by atoms with Gasteiger partial charge < -0.3 is 25.4 Å². The quantitative estimate of drug-likeness (QED) is 0.385. The third-order valence-electron chi connectivity index (χ3n) is 5.68. The minimum atomic E-state index is -0.987. The van der Waals surface area contributed by atoms with E-state index in [2.05, 4.69) is 10.6 Å².